The van der Waals surface area contributed by atoms with Crippen molar-refractivity contribution in [2.75, 3.05) is 0 Å². The Morgan fingerprint density at radius 1 is 1.25 bits per heavy atom. The number of nitrogens with zero attached hydrogens (tertiary/aromatic N) is 8. The number of rotatable bonds is 5. The Kier molecular flexibility index (Phi) is 1.94. The zero-order valence-electron chi connectivity index (χ0n) is 24.8. The molecule has 1 aromatic carbocycles. The van der Waals surface area contributed by atoms with E-state index in [0.717, 1.165) is 10.7 Å². The zero-order valence-corrected chi connectivity index (χ0v) is 13.8. The van der Waals surface area contributed by atoms with Crippen molar-refractivity contribution in [3.63, 3.8) is 0 Å². The summed E-state index contributed by atoms with van der Waals surface area (Å²) in [5, 5.41) is 23.6. The summed E-state index contributed by atoms with van der Waals surface area (Å²) in [5.74, 6) is -1.16. The molecule has 0 fully saturated rings. The number of ether oxygens (including phenoxy) is 1. The molecule has 5 rings (SSSR count). The van der Waals surface area contributed by atoms with Crippen LogP contribution in [0.4, 0.5) is 0 Å². The molecule has 0 unspecified atom stereocenters. The molecule has 0 atom stereocenters. The number of hydrogen-bond acceptors (Lipinski definition) is 8. The first-order valence-corrected chi connectivity index (χ1v) is 7.76. The standard InChI is InChI=1S/C18H16N8O2/c1-3-25-9-12(19-24-25)10-27-18-14-7-5-4-6-13(14)16-20-21-17(26(16)22-18)15-8-11(2)28-23-15/h4-9H,3,10H2,1-2H3/i1D3,2D3,3D2,8D,10D2. The quantitative estimate of drug-likeness (QED) is 0.452. The van der Waals surface area contributed by atoms with Gasteiger partial charge in [0.1, 0.15) is 18.0 Å². The van der Waals surface area contributed by atoms with E-state index < -0.39 is 44.3 Å². The van der Waals surface area contributed by atoms with E-state index in [4.69, 9.17) is 24.3 Å². The lowest BCUT2D eigenvalue weighted by Crippen LogP contribution is -2.03. The molecule has 10 heteroatoms. The molecule has 0 radical (unpaired) electrons. The van der Waals surface area contributed by atoms with E-state index in [0.29, 0.717) is 10.1 Å². The number of aromatic nitrogens is 8. The number of fused-ring (bicyclic) bond motifs is 3. The van der Waals surface area contributed by atoms with E-state index in [1.807, 2.05) is 0 Å². The molecule has 0 aliphatic rings. The van der Waals surface area contributed by atoms with Gasteiger partial charge in [-0.15, -0.1) is 20.4 Å². The molecule has 0 aliphatic carbocycles. The van der Waals surface area contributed by atoms with Gasteiger partial charge in [0.05, 0.1) is 13.1 Å². The molecular weight excluding hydrogens is 360 g/mol. The third-order valence-corrected chi connectivity index (χ3v) is 3.76. The Labute approximate surface area is 174 Å². The molecule has 10 nitrogen and oxygen atoms in total. The molecule has 0 amide bonds. The van der Waals surface area contributed by atoms with Crippen LogP contribution in [-0.4, -0.2) is 40.0 Å². The van der Waals surface area contributed by atoms with Gasteiger partial charge in [-0.25, -0.2) is 0 Å². The number of hydrogen-bond donors (Lipinski definition) is 0. The lowest BCUT2D eigenvalue weighted by molar-refractivity contribution is 0.289. The fraction of sp³-hybridized carbons (Fsp3) is 0.222. The Hall–Kier alpha value is -3.82. The van der Waals surface area contributed by atoms with Crippen LogP contribution < -0.4 is 4.74 Å². The predicted molar refractivity (Wildman–Crippen MR) is 98.6 cm³/mol. The molecule has 4 heterocycles. The molecular formula is C18H16N8O2. The fourth-order valence-electron chi connectivity index (χ4n) is 2.58. The Bertz CT molecular complexity index is 1700. The predicted octanol–water partition coefficient (Wildman–Crippen LogP) is 2.43. The lowest BCUT2D eigenvalue weighted by atomic mass is 10.2. The van der Waals surface area contributed by atoms with Crippen LogP contribution in [0, 0.1) is 6.85 Å². The van der Waals surface area contributed by atoms with Crippen molar-refractivity contribution in [2.45, 2.75) is 26.8 Å². The summed E-state index contributed by atoms with van der Waals surface area (Å²) >= 11 is 0. The van der Waals surface area contributed by atoms with E-state index in [9.17, 15) is 0 Å². The highest BCUT2D eigenvalue weighted by Gasteiger charge is 2.18. The summed E-state index contributed by atoms with van der Waals surface area (Å²) in [7, 11) is 0. The summed E-state index contributed by atoms with van der Waals surface area (Å²) in [6.45, 7) is -11.6. The Morgan fingerprint density at radius 2 is 2.18 bits per heavy atom. The highest BCUT2D eigenvalue weighted by molar-refractivity contribution is 5.96. The summed E-state index contributed by atoms with van der Waals surface area (Å²) < 4.78 is 97.2. The van der Waals surface area contributed by atoms with Gasteiger partial charge in [0.2, 0.25) is 11.7 Å². The van der Waals surface area contributed by atoms with Crippen LogP contribution in [-0.2, 0) is 13.1 Å². The minimum atomic E-state index is -3.11. The van der Waals surface area contributed by atoms with Crippen LogP contribution in [0.1, 0.15) is 33.4 Å². The van der Waals surface area contributed by atoms with Gasteiger partial charge in [-0.2, -0.15) is 4.52 Å². The average molecular weight is 387 g/mol. The van der Waals surface area contributed by atoms with Gasteiger partial charge in [0.25, 0.3) is 0 Å². The maximum atomic E-state index is 8.41. The topological polar surface area (TPSA) is 109 Å². The van der Waals surface area contributed by atoms with E-state index >= 15 is 0 Å². The number of aryl methyl sites for hydroxylation is 2. The Balaban J connectivity index is 1.62. The van der Waals surface area contributed by atoms with Gasteiger partial charge in [0, 0.05) is 31.5 Å². The molecule has 0 bridgehead atoms. The summed E-state index contributed by atoms with van der Waals surface area (Å²) in [4.78, 5) is 0. The minimum absolute atomic E-state index is 0.156. The zero-order chi connectivity index (χ0) is 28.5. The fourth-order valence-corrected chi connectivity index (χ4v) is 2.58. The summed E-state index contributed by atoms with van der Waals surface area (Å²) in [6.07, 6.45) is 0.773. The van der Waals surface area contributed by atoms with E-state index in [-0.39, 0.29) is 28.4 Å². The van der Waals surface area contributed by atoms with Crippen molar-refractivity contribution in [2.24, 2.45) is 0 Å². The van der Waals surface area contributed by atoms with Crippen molar-refractivity contribution in [1.82, 2.24) is 40.0 Å². The van der Waals surface area contributed by atoms with Gasteiger partial charge in [-0.1, -0.05) is 28.6 Å². The smallest absolute Gasteiger partial charge is 0.240 e. The normalized spacial score (nSPS) is 19.2. The van der Waals surface area contributed by atoms with Crippen LogP contribution in [0.5, 0.6) is 5.88 Å². The van der Waals surface area contributed by atoms with E-state index in [1.165, 1.54) is 0 Å². The first kappa shape index (κ1) is 8.46. The molecule has 0 aliphatic heterocycles. The van der Waals surface area contributed by atoms with Crippen molar-refractivity contribution < 1.29 is 24.3 Å². The average Bonchev–Trinajstić information content (AvgIpc) is 3.56. The molecule has 0 saturated carbocycles. The Morgan fingerprint density at radius 3 is 3.04 bits per heavy atom. The number of benzene rings is 1. The maximum absolute atomic E-state index is 8.41. The van der Waals surface area contributed by atoms with Crippen LogP contribution in [0.3, 0.4) is 0 Å². The second kappa shape index (κ2) is 6.41. The van der Waals surface area contributed by atoms with Crippen molar-refractivity contribution in [3.05, 3.63) is 48.0 Å². The molecule has 4 aromatic heterocycles. The largest absolute Gasteiger partial charge is 0.470 e. The third-order valence-electron chi connectivity index (χ3n) is 3.76. The summed E-state index contributed by atoms with van der Waals surface area (Å²) in [5.41, 5.74) is -0.666. The van der Waals surface area contributed by atoms with Crippen molar-refractivity contribution >= 4 is 16.4 Å². The van der Waals surface area contributed by atoms with E-state index in [2.05, 4.69) is 30.8 Å². The molecule has 140 valence electrons. The van der Waals surface area contributed by atoms with Gasteiger partial charge >= 0.3 is 0 Å². The first-order chi connectivity index (χ1) is 18.0. The molecule has 5 aromatic rings. The van der Waals surface area contributed by atoms with Crippen molar-refractivity contribution in [1.29, 1.82) is 0 Å². The second-order valence-corrected chi connectivity index (χ2v) is 5.46. The van der Waals surface area contributed by atoms with Crippen LogP contribution >= 0.6 is 0 Å². The molecule has 0 N–H and O–H groups in total. The van der Waals surface area contributed by atoms with Crippen LogP contribution in [0.25, 0.3) is 27.9 Å². The van der Waals surface area contributed by atoms with Gasteiger partial charge < -0.3 is 9.26 Å². The molecule has 0 saturated heterocycles. The highest BCUT2D eigenvalue weighted by Crippen LogP contribution is 2.29. The van der Waals surface area contributed by atoms with Gasteiger partial charge in [-0.3, -0.25) is 4.68 Å². The second-order valence-electron chi connectivity index (χ2n) is 5.46. The summed E-state index contributed by atoms with van der Waals surface area (Å²) in [6, 6.07) is 5.91. The SMILES string of the molecule is [2H]c1c(-c2nnc3c4ccccc4c(OC([2H])([2H])c4cn(C([2H])([2H])C([2H])([2H])[2H])nn4)nn23)noc1C([2H])([2H])[2H]. The van der Waals surface area contributed by atoms with Gasteiger partial charge in [0.15, 0.2) is 11.3 Å². The van der Waals surface area contributed by atoms with Gasteiger partial charge in [-0.05, 0) is 19.8 Å². The minimum Gasteiger partial charge on any atom is -0.470 e. The van der Waals surface area contributed by atoms with Crippen molar-refractivity contribution in [3.8, 4) is 17.4 Å². The first-order valence-electron chi connectivity index (χ1n) is 13.3. The molecule has 0 spiro atoms. The highest BCUT2D eigenvalue weighted by atomic mass is 16.5. The molecule has 28 heavy (non-hydrogen) atoms. The monoisotopic (exact) mass is 387 g/mol. The maximum Gasteiger partial charge on any atom is 0.240 e. The van der Waals surface area contributed by atoms with Crippen LogP contribution in [0.15, 0.2) is 41.0 Å². The third kappa shape index (κ3) is 2.66. The lowest BCUT2D eigenvalue weighted by Gasteiger charge is -2.08. The van der Waals surface area contributed by atoms with E-state index in [1.54, 1.807) is 24.3 Å². The van der Waals surface area contributed by atoms with Crippen LogP contribution in [0.2, 0.25) is 0 Å².